The average molecular weight is 755 g/mol. The first-order valence-corrected chi connectivity index (χ1v) is 19.4. The van der Waals surface area contributed by atoms with Crippen molar-refractivity contribution in [3.05, 3.63) is 74.7 Å². The molecule has 1 unspecified atom stereocenters. The Morgan fingerprint density at radius 3 is 2.44 bits per heavy atom. The van der Waals surface area contributed by atoms with Gasteiger partial charge in [-0.1, -0.05) is 63.5 Å². The van der Waals surface area contributed by atoms with Crippen LogP contribution in [0.5, 0.6) is 5.75 Å². The van der Waals surface area contributed by atoms with E-state index in [1.54, 1.807) is 4.90 Å². The summed E-state index contributed by atoms with van der Waals surface area (Å²) < 4.78 is 56.9. The molecule has 6 rings (SSSR count). The van der Waals surface area contributed by atoms with Crippen LogP contribution in [0.3, 0.4) is 0 Å². The number of fused-ring (bicyclic) bond motifs is 5. The van der Waals surface area contributed by atoms with Crippen molar-refractivity contribution in [2.75, 3.05) is 0 Å². The zero-order valence-corrected chi connectivity index (χ0v) is 30.8. The lowest BCUT2D eigenvalue weighted by atomic mass is 10.1. The van der Waals surface area contributed by atoms with Crippen LogP contribution in [0.15, 0.2) is 29.3 Å². The Morgan fingerprint density at radius 1 is 0.944 bits per heavy atom. The van der Waals surface area contributed by atoms with E-state index in [4.69, 9.17) is 9.47 Å². The molecular formula is C39H49F3N6O6. The molecular weight excluding hydrogens is 705 g/mol. The standard InChI is InChI=1S/C39H49F3N6O6/c1-2-3-4-5-9-12-17-47-22-26(44-45-47)13-10-7-6-8-11-14-34(49)54-37-35-39(52)48-27-15-16-28(20-27)53-33(48)24-46(35)23-30(36(37)50)38(51)43-21-29-31(41)18-25(40)19-32(29)42/h18-19,22-23,27-28,33H,2-17,20-21,24H2,1H3,(H,43,51)/t27-,28+,33?/m0/s1. The molecule has 3 aliphatic rings. The molecule has 1 N–H and O–H groups in total. The van der Waals surface area contributed by atoms with Gasteiger partial charge in [0.25, 0.3) is 11.8 Å². The number of aromatic nitrogens is 4. The number of carbonyl (C=O) groups excluding carboxylic acids is 3. The topological polar surface area (TPSA) is 138 Å². The summed E-state index contributed by atoms with van der Waals surface area (Å²) >= 11 is 0. The lowest BCUT2D eigenvalue weighted by Gasteiger charge is -2.44. The largest absolute Gasteiger partial charge is 0.420 e. The zero-order valence-electron chi connectivity index (χ0n) is 30.8. The fourth-order valence-corrected chi connectivity index (χ4v) is 7.69. The summed E-state index contributed by atoms with van der Waals surface area (Å²) in [5, 5.41) is 10.8. The van der Waals surface area contributed by atoms with Crippen molar-refractivity contribution in [3.63, 3.8) is 0 Å². The minimum absolute atomic E-state index is 0.0130. The SMILES string of the molecule is CCCCCCCCn1cc(CCCCCCCC(=O)Oc2c3n(cc(C(=O)NCc4c(F)cc(F)cc4F)c2=O)CC2O[C@@H]4CC[C@@H](C4)N2C3=O)nn1. The Balaban J connectivity index is 1.04. The number of rotatable bonds is 19. The highest BCUT2D eigenvalue weighted by molar-refractivity contribution is 6.00. The van der Waals surface area contributed by atoms with Crippen molar-refractivity contribution in [2.45, 2.75) is 148 Å². The predicted octanol–water partition coefficient (Wildman–Crippen LogP) is 6.37. The van der Waals surface area contributed by atoms with Crippen LogP contribution in [-0.2, 0) is 35.6 Å². The van der Waals surface area contributed by atoms with Crippen LogP contribution < -0.4 is 15.5 Å². The van der Waals surface area contributed by atoms with Gasteiger partial charge in [0.2, 0.25) is 11.2 Å². The Kier molecular flexibility index (Phi) is 13.2. The summed E-state index contributed by atoms with van der Waals surface area (Å²) in [4.78, 5) is 55.7. The van der Waals surface area contributed by atoms with Gasteiger partial charge in [-0.2, -0.15) is 0 Å². The number of ether oxygens (including phenoxy) is 2. The molecule has 1 aliphatic carbocycles. The predicted molar refractivity (Wildman–Crippen MR) is 191 cm³/mol. The van der Waals surface area contributed by atoms with Gasteiger partial charge in [-0.3, -0.25) is 23.9 Å². The fourth-order valence-electron chi connectivity index (χ4n) is 7.69. The van der Waals surface area contributed by atoms with Gasteiger partial charge in [-0.05, 0) is 44.9 Å². The van der Waals surface area contributed by atoms with E-state index in [0.29, 0.717) is 25.0 Å². The normalized spacial score (nSPS) is 18.8. The van der Waals surface area contributed by atoms with E-state index in [2.05, 4.69) is 22.6 Å². The number of carbonyl (C=O) groups is 3. The fraction of sp³-hybridized carbons (Fsp3) is 0.590. The summed E-state index contributed by atoms with van der Waals surface area (Å²) in [5.41, 5.74) is -1.29. The molecule has 1 saturated carbocycles. The molecule has 4 heterocycles. The monoisotopic (exact) mass is 754 g/mol. The number of amides is 2. The van der Waals surface area contributed by atoms with Gasteiger partial charge in [0.05, 0.1) is 18.3 Å². The number of halogens is 3. The maximum Gasteiger partial charge on any atom is 0.311 e. The number of hydrogen-bond acceptors (Lipinski definition) is 8. The molecule has 292 valence electrons. The molecule has 12 nitrogen and oxygen atoms in total. The Labute approximate surface area is 312 Å². The number of aryl methyl sites for hydroxylation is 2. The molecule has 2 amide bonds. The minimum Gasteiger partial charge on any atom is -0.420 e. The van der Waals surface area contributed by atoms with Crippen molar-refractivity contribution in [2.24, 2.45) is 0 Å². The molecule has 54 heavy (non-hydrogen) atoms. The number of pyridine rings is 1. The maximum absolute atomic E-state index is 14.3. The third kappa shape index (κ3) is 9.39. The number of nitrogens with one attached hydrogen (secondary N) is 1. The molecule has 2 fully saturated rings. The van der Waals surface area contributed by atoms with Gasteiger partial charge in [0.15, 0.2) is 11.9 Å². The van der Waals surface area contributed by atoms with Crippen LogP contribution in [0, 0.1) is 17.5 Å². The van der Waals surface area contributed by atoms with Crippen molar-refractivity contribution in [1.29, 1.82) is 0 Å². The molecule has 3 aromatic rings. The molecule has 0 radical (unpaired) electrons. The molecule has 2 aromatic heterocycles. The smallest absolute Gasteiger partial charge is 0.311 e. The highest BCUT2D eigenvalue weighted by atomic mass is 19.1. The Hall–Kier alpha value is -4.53. The van der Waals surface area contributed by atoms with Gasteiger partial charge < -0.3 is 24.3 Å². The highest BCUT2D eigenvalue weighted by Crippen LogP contribution is 2.39. The number of hydrogen-bond donors (Lipinski definition) is 1. The molecule has 3 atom stereocenters. The second-order valence-corrected chi connectivity index (χ2v) is 14.6. The van der Waals surface area contributed by atoms with Gasteiger partial charge in [0.1, 0.15) is 23.0 Å². The maximum atomic E-state index is 14.3. The lowest BCUT2D eigenvalue weighted by Crippen LogP contribution is -2.57. The zero-order chi connectivity index (χ0) is 38.2. The van der Waals surface area contributed by atoms with Gasteiger partial charge >= 0.3 is 5.97 Å². The van der Waals surface area contributed by atoms with E-state index in [-0.39, 0.29) is 30.8 Å². The minimum atomic E-state index is -1.21. The van der Waals surface area contributed by atoms with Crippen molar-refractivity contribution in [3.8, 4) is 5.75 Å². The van der Waals surface area contributed by atoms with E-state index in [1.807, 2.05) is 10.9 Å². The van der Waals surface area contributed by atoms with Crippen molar-refractivity contribution < 1.29 is 37.0 Å². The van der Waals surface area contributed by atoms with E-state index in [0.717, 1.165) is 63.6 Å². The van der Waals surface area contributed by atoms with E-state index >= 15 is 0 Å². The average Bonchev–Trinajstić information content (AvgIpc) is 3.75. The van der Waals surface area contributed by atoms with Crippen LogP contribution in [0.4, 0.5) is 13.2 Å². The molecule has 0 spiro atoms. The van der Waals surface area contributed by atoms with Crippen molar-refractivity contribution in [1.82, 2.24) is 29.8 Å². The highest BCUT2D eigenvalue weighted by Gasteiger charge is 2.48. The summed E-state index contributed by atoms with van der Waals surface area (Å²) in [6.07, 6.45) is 16.9. The number of benzene rings is 1. The second kappa shape index (κ2) is 18.2. The molecule has 1 aromatic carbocycles. The van der Waals surface area contributed by atoms with Crippen LogP contribution in [0.2, 0.25) is 0 Å². The Bertz CT molecular complexity index is 1860. The summed E-state index contributed by atoms with van der Waals surface area (Å²) in [6.45, 7) is 2.48. The second-order valence-electron chi connectivity index (χ2n) is 14.6. The van der Waals surface area contributed by atoms with E-state index in [1.165, 1.54) is 42.9 Å². The van der Waals surface area contributed by atoms with Gasteiger partial charge in [-0.25, -0.2) is 13.2 Å². The van der Waals surface area contributed by atoms with Crippen molar-refractivity contribution >= 4 is 17.8 Å². The van der Waals surface area contributed by atoms with Crippen LogP contribution >= 0.6 is 0 Å². The third-order valence-electron chi connectivity index (χ3n) is 10.6. The summed E-state index contributed by atoms with van der Waals surface area (Å²) in [5.74, 6) is -6.38. The van der Waals surface area contributed by atoms with Gasteiger partial charge in [0, 0.05) is 55.6 Å². The van der Waals surface area contributed by atoms with Crippen LogP contribution in [0.1, 0.15) is 135 Å². The summed E-state index contributed by atoms with van der Waals surface area (Å²) in [7, 11) is 0. The quantitative estimate of drug-likeness (QED) is 0.110. The summed E-state index contributed by atoms with van der Waals surface area (Å²) in [6, 6.07) is 0.876. The first-order chi connectivity index (χ1) is 26.1. The third-order valence-corrected chi connectivity index (χ3v) is 10.6. The van der Waals surface area contributed by atoms with E-state index < -0.39 is 70.3 Å². The number of esters is 1. The van der Waals surface area contributed by atoms with Crippen LogP contribution in [-0.4, -0.2) is 60.6 Å². The first kappa shape index (κ1) is 39.2. The first-order valence-electron chi connectivity index (χ1n) is 19.4. The van der Waals surface area contributed by atoms with Crippen LogP contribution in [0.25, 0.3) is 0 Å². The molecule has 2 aliphatic heterocycles. The Morgan fingerprint density at radius 2 is 1.67 bits per heavy atom. The molecule has 2 bridgehead atoms. The van der Waals surface area contributed by atoms with Gasteiger partial charge in [-0.15, -0.1) is 5.10 Å². The van der Waals surface area contributed by atoms with E-state index in [9.17, 15) is 32.3 Å². The lowest BCUT2D eigenvalue weighted by molar-refractivity contribution is -0.135. The molecule has 15 heteroatoms. The number of unbranched alkanes of at least 4 members (excludes halogenated alkanes) is 9. The number of nitrogens with zero attached hydrogens (tertiary/aromatic N) is 5. The molecule has 1 saturated heterocycles.